The van der Waals surface area contributed by atoms with E-state index in [1.54, 1.807) is 12.1 Å². The molecule has 0 saturated carbocycles. The number of para-hydroxylation sites is 1. The van der Waals surface area contributed by atoms with Gasteiger partial charge in [-0.2, -0.15) is 0 Å². The molecule has 4 aromatic rings. The number of halogens is 1. The molecule has 30 heavy (non-hydrogen) atoms. The fourth-order valence-electron chi connectivity index (χ4n) is 4.53. The summed E-state index contributed by atoms with van der Waals surface area (Å²) in [6.45, 7) is 2.84. The molecule has 3 aromatic carbocycles. The Hall–Kier alpha value is -3.40. The van der Waals surface area contributed by atoms with Crippen molar-refractivity contribution in [3.05, 3.63) is 95.3 Å². The van der Waals surface area contributed by atoms with Gasteiger partial charge < -0.3 is 9.88 Å². The summed E-state index contributed by atoms with van der Waals surface area (Å²) in [4.78, 5) is 18.8. The number of hydrogen-bond acceptors (Lipinski definition) is 1. The summed E-state index contributed by atoms with van der Waals surface area (Å²) in [5.41, 5.74) is 5.74. The number of carbonyl (C=O) groups excluding carboxylic acids is 1. The van der Waals surface area contributed by atoms with Crippen LogP contribution in [0, 0.1) is 5.82 Å². The number of unbranched alkanes of at least 4 members (excludes halogenated alkanes) is 1. The molecule has 1 aromatic heterocycles. The van der Waals surface area contributed by atoms with Crippen LogP contribution in [0.25, 0.3) is 22.2 Å². The summed E-state index contributed by atoms with van der Waals surface area (Å²) < 4.78 is 13.6. The third-order valence-electron chi connectivity index (χ3n) is 5.96. The second kappa shape index (κ2) is 7.45. The maximum atomic E-state index is 13.6. The summed E-state index contributed by atoms with van der Waals surface area (Å²) in [5.74, 6) is -0.179. The number of carbonyl (C=O) groups is 1. The maximum absolute atomic E-state index is 13.6. The van der Waals surface area contributed by atoms with Crippen LogP contribution >= 0.6 is 0 Å². The number of fused-ring (bicyclic) bond motifs is 2. The molecule has 0 radical (unpaired) electrons. The molecule has 0 fully saturated rings. The first-order chi connectivity index (χ1) is 14.7. The van der Waals surface area contributed by atoms with Gasteiger partial charge in [0.05, 0.1) is 11.7 Å². The molecular weight excluding hydrogens is 375 g/mol. The van der Waals surface area contributed by atoms with E-state index in [1.807, 2.05) is 41.3 Å². The molecule has 0 bridgehead atoms. The van der Waals surface area contributed by atoms with Crippen LogP contribution < -0.4 is 0 Å². The number of hydrogen-bond donors (Lipinski definition) is 1. The third-order valence-corrected chi connectivity index (χ3v) is 5.96. The molecule has 5 rings (SSSR count). The highest BCUT2D eigenvalue weighted by Gasteiger charge is 2.39. The highest BCUT2D eigenvalue weighted by molar-refractivity contribution is 6.02. The summed E-state index contributed by atoms with van der Waals surface area (Å²) in [7, 11) is 0. The molecule has 150 valence electrons. The molecule has 4 heteroatoms. The number of H-pyrrole nitrogens is 1. The van der Waals surface area contributed by atoms with Gasteiger partial charge in [0, 0.05) is 28.6 Å². The van der Waals surface area contributed by atoms with Crippen LogP contribution in [0.15, 0.2) is 72.8 Å². The lowest BCUT2D eigenvalue weighted by atomic mass is 9.93. The lowest BCUT2D eigenvalue weighted by Gasteiger charge is -2.26. The Morgan fingerprint density at radius 1 is 0.967 bits per heavy atom. The number of aromatic amines is 1. The Morgan fingerprint density at radius 3 is 2.50 bits per heavy atom. The van der Waals surface area contributed by atoms with Gasteiger partial charge in [0.1, 0.15) is 5.82 Å². The average Bonchev–Trinajstić information content (AvgIpc) is 3.28. The quantitative estimate of drug-likeness (QED) is 0.420. The highest BCUT2D eigenvalue weighted by Crippen LogP contribution is 2.45. The predicted molar refractivity (Wildman–Crippen MR) is 118 cm³/mol. The first-order valence-electron chi connectivity index (χ1n) is 10.5. The molecule has 0 saturated heterocycles. The van der Waals surface area contributed by atoms with Crippen molar-refractivity contribution in [2.24, 2.45) is 0 Å². The second-order valence-corrected chi connectivity index (χ2v) is 7.81. The van der Waals surface area contributed by atoms with Gasteiger partial charge in [0.2, 0.25) is 0 Å². The van der Waals surface area contributed by atoms with Gasteiger partial charge in [-0.3, -0.25) is 4.79 Å². The number of rotatable bonds is 5. The monoisotopic (exact) mass is 398 g/mol. The Labute approximate surface area is 175 Å². The van der Waals surface area contributed by atoms with Gasteiger partial charge in [-0.05, 0) is 53.9 Å². The van der Waals surface area contributed by atoms with Crippen molar-refractivity contribution in [3.8, 4) is 11.3 Å². The van der Waals surface area contributed by atoms with Crippen molar-refractivity contribution in [2.45, 2.75) is 25.8 Å². The van der Waals surface area contributed by atoms with Crippen LogP contribution in [-0.2, 0) is 0 Å². The van der Waals surface area contributed by atoms with E-state index >= 15 is 0 Å². The number of benzene rings is 3. The van der Waals surface area contributed by atoms with Crippen molar-refractivity contribution in [3.63, 3.8) is 0 Å². The fourth-order valence-corrected chi connectivity index (χ4v) is 4.53. The molecule has 1 aliphatic heterocycles. The first kappa shape index (κ1) is 18.6. The van der Waals surface area contributed by atoms with E-state index < -0.39 is 0 Å². The molecule has 3 nitrogen and oxygen atoms in total. The van der Waals surface area contributed by atoms with E-state index in [0.717, 1.165) is 51.7 Å². The summed E-state index contributed by atoms with van der Waals surface area (Å²) >= 11 is 0. The second-order valence-electron chi connectivity index (χ2n) is 7.81. The average molecular weight is 398 g/mol. The van der Waals surface area contributed by atoms with Gasteiger partial charge >= 0.3 is 0 Å². The molecule has 1 aliphatic rings. The van der Waals surface area contributed by atoms with Gasteiger partial charge in [-0.25, -0.2) is 4.39 Å². The van der Waals surface area contributed by atoms with Crippen LogP contribution in [0.2, 0.25) is 0 Å². The molecule has 1 atom stereocenters. The standard InChI is InChI=1S/C26H23FN2O/c1-2-3-16-29-25(19-8-4-5-9-20(19)26(29)30)23-21-10-6-7-11-22(21)28-24(23)17-12-14-18(27)15-13-17/h4-15,25,28H,2-3,16H2,1H3/t25-/m0/s1. The SMILES string of the molecule is CCCCN1C(=O)c2ccccc2[C@H]1c1c(-c2ccc(F)cc2)[nH]c2ccccc12. The number of amides is 1. The van der Waals surface area contributed by atoms with Gasteiger partial charge in [-0.15, -0.1) is 0 Å². The summed E-state index contributed by atoms with van der Waals surface area (Å²) in [5, 5.41) is 1.09. The van der Waals surface area contributed by atoms with Crippen molar-refractivity contribution in [2.75, 3.05) is 6.54 Å². The van der Waals surface area contributed by atoms with E-state index in [4.69, 9.17) is 0 Å². The van der Waals surface area contributed by atoms with Crippen molar-refractivity contribution in [1.82, 2.24) is 9.88 Å². The minimum atomic E-state index is -0.262. The number of nitrogens with one attached hydrogen (secondary N) is 1. The van der Waals surface area contributed by atoms with Gasteiger partial charge in [0.15, 0.2) is 0 Å². The summed E-state index contributed by atoms with van der Waals surface area (Å²) in [6.07, 6.45) is 1.97. The molecular formula is C26H23FN2O. The van der Waals surface area contributed by atoms with Crippen LogP contribution in [0.4, 0.5) is 4.39 Å². The van der Waals surface area contributed by atoms with E-state index in [1.165, 1.54) is 12.1 Å². The predicted octanol–water partition coefficient (Wildman–Crippen LogP) is 6.32. The molecule has 1 amide bonds. The zero-order chi connectivity index (χ0) is 20.7. The molecule has 1 N–H and O–H groups in total. The first-order valence-corrected chi connectivity index (χ1v) is 10.5. The Morgan fingerprint density at radius 2 is 1.70 bits per heavy atom. The van der Waals surface area contributed by atoms with Gasteiger partial charge in [-0.1, -0.05) is 49.7 Å². The van der Waals surface area contributed by atoms with Gasteiger partial charge in [0.25, 0.3) is 5.91 Å². The van der Waals surface area contributed by atoms with Crippen LogP contribution in [0.5, 0.6) is 0 Å². The van der Waals surface area contributed by atoms with Crippen LogP contribution in [0.1, 0.15) is 47.3 Å². The van der Waals surface area contributed by atoms with Crippen molar-refractivity contribution >= 4 is 16.8 Å². The van der Waals surface area contributed by atoms with Crippen molar-refractivity contribution in [1.29, 1.82) is 0 Å². The minimum Gasteiger partial charge on any atom is -0.354 e. The fraction of sp³-hybridized carbons (Fsp3) is 0.192. The number of aromatic nitrogens is 1. The maximum Gasteiger partial charge on any atom is 0.255 e. The zero-order valence-electron chi connectivity index (χ0n) is 16.9. The highest BCUT2D eigenvalue weighted by atomic mass is 19.1. The zero-order valence-corrected chi connectivity index (χ0v) is 16.9. The Balaban J connectivity index is 1.77. The number of nitrogens with zero attached hydrogens (tertiary/aromatic N) is 1. The Bertz CT molecular complexity index is 1230. The minimum absolute atomic E-state index is 0.0828. The smallest absolute Gasteiger partial charge is 0.255 e. The Kier molecular flexibility index (Phi) is 4.62. The molecule has 0 spiro atoms. The van der Waals surface area contributed by atoms with E-state index in [0.29, 0.717) is 6.54 Å². The third kappa shape index (κ3) is 2.91. The molecule has 0 aliphatic carbocycles. The summed E-state index contributed by atoms with van der Waals surface area (Å²) in [6, 6.07) is 22.4. The van der Waals surface area contributed by atoms with E-state index in [-0.39, 0.29) is 17.8 Å². The molecule has 0 unspecified atom stereocenters. The van der Waals surface area contributed by atoms with Crippen LogP contribution in [-0.4, -0.2) is 22.3 Å². The topological polar surface area (TPSA) is 36.1 Å². The van der Waals surface area contributed by atoms with Crippen molar-refractivity contribution < 1.29 is 9.18 Å². The normalized spacial score (nSPS) is 15.7. The van der Waals surface area contributed by atoms with E-state index in [2.05, 4.69) is 24.0 Å². The van der Waals surface area contributed by atoms with Crippen LogP contribution in [0.3, 0.4) is 0 Å². The van der Waals surface area contributed by atoms with E-state index in [9.17, 15) is 9.18 Å². The largest absolute Gasteiger partial charge is 0.354 e. The lowest BCUT2D eigenvalue weighted by molar-refractivity contribution is 0.0748. The lowest BCUT2D eigenvalue weighted by Crippen LogP contribution is -2.30. The molecule has 2 heterocycles.